The summed E-state index contributed by atoms with van der Waals surface area (Å²) in [6.07, 6.45) is 4.82. The molecule has 0 aliphatic carbocycles. The van der Waals surface area contributed by atoms with Crippen molar-refractivity contribution in [3.63, 3.8) is 0 Å². The number of aromatic nitrogens is 5. The Hall–Kier alpha value is -2.58. The molecule has 0 fully saturated rings. The van der Waals surface area contributed by atoms with E-state index in [1.165, 1.54) is 28.6 Å². The second kappa shape index (κ2) is 6.73. The molecule has 130 valence electrons. The summed E-state index contributed by atoms with van der Waals surface area (Å²) in [5, 5.41) is 11.8. The van der Waals surface area contributed by atoms with Crippen LogP contribution in [0.5, 0.6) is 0 Å². The van der Waals surface area contributed by atoms with E-state index >= 15 is 0 Å². The number of fused-ring (bicyclic) bond motifs is 1. The van der Waals surface area contributed by atoms with E-state index in [-0.39, 0.29) is 5.82 Å². The SMILES string of the molecule is CN(Cc1ccc(-n2cncn2)c(F)c1)Cc1cnn2c1CNCC2. The van der Waals surface area contributed by atoms with Crippen LogP contribution in [0.2, 0.25) is 0 Å². The van der Waals surface area contributed by atoms with Gasteiger partial charge in [-0.2, -0.15) is 10.2 Å². The lowest BCUT2D eigenvalue weighted by atomic mass is 10.1. The van der Waals surface area contributed by atoms with Gasteiger partial charge >= 0.3 is 0 Å². The summed E-state index contributed by atoms with van der Waals surface area (Å²) in [4.78, 5) is 6.01. The van der Waals surface area contributed by atoms with Crippen LogP contribution in [0.1, 0.15) is 16.8 Å². The van der Waals surface area contributed by atoms with Crippen LogP contribution >= 0.6 is 0 Å². The van der Waals surface area contributed by atoms with Gasteiger partial charge in [-0.25, -0.2) is 14.1 Å². The smallest absolute Gasteiger partial charge is 0.149 e. The van der Waals surface area contributed by atoms with E-state index in [0.29, 0.717) is 12.2 Å². The van der Waals surface area contributed by atoms with Gasteiger partial charge in [-0.1, -0.05) is 6.07 Å². The third-order valence-corrected chi connectivity index (χ3v) is 4.40. The maximum atomic E-state index is 14.3. The Balaban J connectivity index is 1.45. The summed E-state index contributed by atoms with van der Waals surface area (Å²) in [5.74, 6) is -0.302. The Bertz CT molecular complexity index is 856. The highest BCUT2D eigenvalue weighted by Crippen LogP contribution is 2.17. The Kier molecular flexibility index (Phi) is 4.29. The zero-order valence-electron chi connectivity index (χ0n) is 14.1. The van der Waals surface area contributed by atoms with Crippen molar-refractivity contribution in [1.82, 2.24) is 34.8 Å². The van der Waals surface area contributed by atoms with Crippen LogP contribution in [-0.2, 0) is 26.2 Å². The Morgan fingerprint density at radius 3 is 3.00 bits per heavy atom. The second-order valence-corrected chi connectivity index (χ2v) is 6.31. The van der Waals surface area contributed by atoms with Crippen molar-refractivity contribution in [1.29, 1.82) is 0 Å². The molecule has 3 heterocycles. The average Bonchev–Trinajstić information content (AvgIpc) is 3.26. The molecule has 0 atom stereocenters. The number of benzene rings is 1. The lowest BCUT2D eigenvalue weighted by Gasteiger charge is -2.20. The van der Waals surface area contributed by atoms with E-state index in [0.717, 1.165) is 31.7 Å². The molecule has 1 aromatic carbocycles. The molecule has 1 N–H and O–H groups in total. The maximum absolute atomic E-state index is 14.3. The van der Waals surface area contributed by atoms with Crippen LogP contribution in [0.4, 0.5) is 4.39 Å². The topological polar surface area (TPSA) is 63.8 Å². The molecule has 0 unspecified atom stereocenters. The molecule has 0 spiro atoms. The van der Waals surface area contributed by atoms with Gasteiger partial charge in [0.25, 0.3) is 0 Å². The first kappa shape index (κ1) is 15.9. The third-order valence-electron chi connectivity index (χ3n) is 4.40. The molecule has 25 heavy (non-hydrogen) atoms. The van der Waals surface area contributed by atoms with Gasteiger partial charge in [-0.15, -0.1) is 0 Å². The highest BCUT2D eigenvalue weighted by atomic mass is 19.1. The van der Waals surface area contributed by atoms with E-state index in [4.69, 9.17) is 0 Å². The van der Waals surface area contributed by atoms with Gasteiger partial charge in [0, 0.05) is 31.7 Å². The molecular formula is C17H20FN7. The molecule has 4 rings (SSSR count). The predicted octanol–water partition coefficient (Wildman–Crippen LogP) is 1.34. The summed E-state index contributed by atoms with van der Waals surface area (Å²) in [5.41, 5.74) is 3.78. The van der Waals surface area contributed by atoms with Gasteiger partial charge in [-0.3, -0.25) is 9.58 Å². The van der Waals surface area contributed by atoms with E-state index in [9.17, 15) is 4.39 Å². The van der Waals surface area contributed by atoms with Crippen LogP contribution in [0, 0.1) is 5.82 Å². The van der Waals surface area contributed by atoms with Crippen LogP contribution in [0.25, 0.3) is 5.69 Å². The number of hydrogen-bond donors (Lipinski definition) is 1. The summed E-state index contributed by atoms with van der Waals surface area (Å²) >= 11 is 0. The first-order chi connectivity index (χ1) is 12.2. The van der Waals surface area contributed by atoms with Crippen LogP contribution in [0.15, 0.2) is 37.1 Å². The van der Waals surface area contributed by atoms with Crippen LogP contribution in [0.3, 0.4) is 0 Å². The van der Waals surface area contributed by atoms with Crippen LogP contribution < -0.4 is 5.32 Å². The monoisotopic (exact) mass is 341 g/mol. The van der Waals surface area contributed by atoms with Gasteiger partial charge in [0.05, 0.1) is 18.4 Å². The lowest BCUT2D eigenvalue weighted by Crippen LogP contribution is -2.29. The van der Waals surface area contributed by atoms with Gasteiger partial charge in [0.1, 0.15) is 24.2 Å². The number of nitrogens with one attached hydrogen (secondary N) is 1. The minimum atomic E-state index is -0.302. The number of hydrogen-bond acceptors (Lipinski definition) is 5. The normalized spacial score (nSPS) is 14.0. The molecular weight excluding hydrogens is 321 g/mol. The van der Waals surface area contributed by atoms with E-state index in [1.807, 2.05) is 19.3 Å². The Morgan fingerprint density at radius 2 is 2.20 bits per heavy atom. The fourth-order valence-corrected chi connectivity index (χ4v) is 3.20. The molecule has 7 nitrogen and oxygen atoms in total. The molecule has 0 saturated carbocycles. The molecule has 0 bridgehead atoms. The number of nitrogens with zero attached hydrogens (tertiary/aromatic N) is 6. The standard InChI is InChI=1S/C17H20FN7/c1-23(10-14-7-21-24-5-4-19-8-17(14)24)9-13-2-3-16(15(18)6-13)25-12-20-11-22-25/h2-3,6-7,11-12,19H,4-5,8-10H2,1H3. The van der Waals surface area contributed by atoms with Crippen molar-refractivity contribution in [2.24, 2.45) is 0 Å². The summed E-state index contributed by atoms with van der Waals surface area (Å²) in [6, 6.07) is 5.22. The molecule has 0 saturated heterocycles. The van der Waals surface area contributed by atoms with E-state index in [2.05, 4.69) is 30.1 Å². The quantitative estimate of drug-likeness (QED) is 0.759. The highest BCUT2D eigenvalue weighted by molar-refractivity contribution is 5.35. The third kappa shape index (κ3) is 3.31. The van der Waals surface area contributed by atoms with Crippen molar-refractivity contribution in [2.75, 3.05) is 13.6 Å². The summed E-state index contributed by atoms with van der Waals surface area (Å²) in [7, 11) is 2.03. The molecule has 3 aromatic rings. The molecule has 1 aliphatic rings. The predicted molar refractivity (Wildman–Crippen MR) is 90.4 cm³/mol. The fraction of sp³-hybridized carbons (Fsp3) is 0.353. The summed E-state index contributed by atoms with van der Waals surface area (Å²) in [6.45, 7) is 4.16. The largest absolute Gasteiger partial charge is 0.309 e. The molecule has 1 aliphatic heterocycles. The Labute approximate surface area is 145 Å². The molecule has 8 heteroatoms. The first-order valence-electron chi connectivity index (χ1n) is 8.27. The highest BCUT2D eigenvalue weighted by Gasteiger charge is 2.16. The minimum Gasteiger partial charge on any atom is -0.309 e. The van der Waals surface area contributed by atoms with Gasteiger partial charge in [0.2, 0.25) is 0 Å². The first-order valence-corrected chi connectivity index (χ1v) is 8.27. The van der Waals surface area contributed by atoms with Gasteiger partial charge in [-0.05, 0) is 24.7 Å². The second-order valence-electron chi connectivity index (χ2n) is 6.31. The molecule has 0 radical (unpaired) electrons. The van der Waals surface area contributed by atoms with Crippen molar-refractivity contribution in [2.45, 2.75) is 26.2 Å². The van der Waals surface area contributed by atoms with Crippen LogP contribution in [-0.4, -0.2) is 43.0 Å². The van der Waals surface area contributed by atoms with Crippen molar-refractivity contribution < 1.29 is 4.39 Å². The molecule has 0 amide bonds. The average molecular weight is 341 g/mol. The van der Waals surface area contributed by atoms with Crippen molar-refractivity contribution >= 4 is 0 Å². The van der Waals surface area contributed by atoms with Crippen molar-refractivity contribution in [3.8, 4) is 5.69 Å². The zero-order chi connectivity index (χ0) is 17.2. The number of rotatable bonds is 5. The molecule has 2 aromatic heterocycles. The summed E-state index contributed by atoms with van der Waals surface area (Å²) < 4.78 is 17.8. The fourth-order valence-electron chi connectivity index (χ4n) is 3.20. The number of halogens is 1. The van der Waals surface area contributed by atoms with Crippen molar-refractivity contribution in [3.05, 3.63) is 59.7 Å². The van der Waals surface area contributed by atoms with E-state index < -0.39 is 0 Å². The van der Waals surface area contributed by atoms with Gasteiger partial charge < -0.3 is 5.32 Å². The lowest BCUT2D eigenvalue weighted by molar-refractivity contribution is 0.316. The zero-order valence-corrected chi connectivity index (χ0v) is 14.1. The van der Waals surface area contributed by atoms with Gasteiger partial charge in [0.15, 0.2) is 0 Å². The van der Waals surface area contributed by atoms with E-state index in [1.54, 1.807) is 12.1 Å². The minimum absolute atomic E-state index is 0.302. The Morgan fingerprint density at radius 1 is 1.28 bits per heavy atom. The maximum Gasteiger partial charge on any atom is 0.149 e.